The van der Waals surface area contributed by atoms with Crippen LogP contribution in [0.2, 0.25) is 0 Å². The number of halogens is 3. The van der Waals surface area contributed by atoms with Gasteiger partial charge in [-0.3, -0.25) is 9.59 Å². The summed E-state index contributed by atoms with van der Waals surface area (Å²) in [5.41, 5.74) is -1.26. The van der Waals surface area contributed by atoms with Crippen molar-refractivity contribution in [3.05, 3.63) is 70.6 Å². The summed E-state index contributed by atoms with van der Waals surface area (Å²) in [5, 5.41) is 3.37. The molecule has 0 bridgehead atoms. The predicted octanol–water partition coefficient (Wildman–Crippen LogP) is 3.67. The van der Waals surface area contributed by atoms with Crippen molar-refractivity contribution in [3.8, 4) is 5.75 Å². The summed E-state index contributed by atoms with van der Waals surface area (Å²) in [7, 11) is 1.49. The number of carbonyl (C=O) groups excluding carboxylic acids is 1. The molecule has 1 heterocycles. The third-order valence-corrected chi connectivity index (χ3v) is 3.99. The SMILES string of the molecule is COc1cccc2c(=O)n(CC(=O)Nc3cccc(C(F)(F)F)c3)ccc12. The average Bonchev–Trinajstić information content (AvgIpc) is 2.63. The van der Waals surface area contributed by atoms with Gasteiger partial charge in [-0.25, -0.2) is 0 Å². The van der Waals surface area contributed by atoms with Gasteiger partial charge in [-0.15, -0.1) is 0 Å². The van der Waals surface area contributed by atoms with Gasteiger partial charge >= 0.3 is 6.18 Å². The van der Waals surface area contributed by atoms with Crippen molar-refractivity contribution < 1.29 is 22.7 Å². The summed E-state index contributed by atoms with van der Waals surface area (Å²) in [6, 6.07) is 10.9. The molecule has 0 aliphatic heterocycles. The van der Waals surface area contributed by atoms with E-state index in [1.54, 1.807) is 24.3 Å². The number of nitrogens with one attached hydrogen (secondary N) is 1. The van der Waals surface area contributed by atoms with Gasteiger partial charge in [0.2, 0.25) is 5.91 Å². The largest absolute Gasteiger partial charge is 0.496 e. The van der Waals surface area contributed by atoms with Gasteiger partial charge < -0.3 is 14.6 Å². The highest BCUT2D eigenvalue weighted by molar-refractivity contribution is 5.91. The second-order valence-electron chi connectivity index (χ2n) is 5.80. The molecule has 0 radical (unpaired) electrons. The molecule has 0 aliphatic carbocycles. The van der Waals surface area contributed by atoms with Gasteiger partial charge in [0.15, 0.2) is 0 Å². The van der Waals surface area contributed by atoms with E-state index in [9.17, 15) is 22.8 Å². The zero-order valence-corrected chi connectivity index (χ0v) is 14.2. The Balaban J connectivity index is 1.83. The van der Waals surface area contributed by atoms with E-state index in [0.717, 1.165) is 12.1 Å². The maximum atomic E-state index is 12.7. The van der Waals surface area contributed by atoms with Gasteiger partial charge in [-0.1, -0.05) is 12.1 Å². The Morgan fingerprint density at radius 3 is 2.56 bits per heavy atom. The molecule has 0 aliphatic rings. The topological polar surface area (TPSA) is 60.3 Å². The smallest absolute Gasteiger partial charge is 0.416 e. The minimum absolute atomic E-state index is 0.00494. The number of benzene rings is 2. The van der Waals surface area contributed by atoms with Crippen LogP contribution < -0.4 is 15.6 Å². The molecular weight excluding hydrogens is 361 g/mol. The summed E-state index contributed by atoms with van der Waals surface area (Å²) < 4.78 is 44.6. The van der Waals surface area contributed by atoms with Gasteiger partial charge in [0.25, 0.3) is 5.56 Å². The van der Waals surface area contributed by atoms with Gasteiger partial charge in [0.05, 0.1) is 18.1 Å². The Morgan fingerprint density at radius 1 is 1.11 bits per heavy atom. The molecule has 1 aromatic heterocycles. The molecule has 1 N–H and O–H groups in total. The van der Waals surface area contributed by atoms with Crippen LogP contribution in [0.3, 0.4) is 0 Å². The number of nitrogens with zero attached hydrogens (tertiary/aromatic N) is 1. The summed E-state index contributed by atoms with van der Waals surface area (Å²) in [6.45, 7) is -0.331. The van der Waals surface area contributed by atoms with E-state index in [4.69, 9.17) is 4.74 Å². The first-order valence-corrected chi connectivity index (χ1v) is 7.93. The van der Waals surface area contributed by atoms with Crippen molar-refractivity contribution in [3.63, 3.8) is 0 Å². The quantitative estimate of drug-likeness (QED) is 0.756. The van der Waals surface area contributed by atoms with E-state index in [1.807, 2.05) is 0 Å². The molecule has 0 spiro atoms. The first kappa shape index (κ1) is 18.5. The van der Waals surface area contributed by atoms with Crippen LogP contribution in [0.5, 0.6) is 5.75 Å². The average molecular weight is 376 g/mol. The van der Waals surface area contributed by atoms with Crippen molar-refractivity contribution in [2.75, 3.05) is 12.4 Å². The lowest BCUT2D eigenvalue weighted by molar-refractivity contribution is -0.137. The fraction of sp³-hybridized carbons (Fsp3) is 0.158. The van der Waals surface area contributed by atoms with Gasteiger partial charge in [0.1, 0.15) is 12.3 Å². The zero-order valence-electron chi connectivity index (χ0n) is 14.2. The maximum absolute atomic E-state index is 12.7. The van der Waals surface area contributed by atoms with Crippen molar-refractivity contribution in [2.24, 2.45) is 0 Å². The van der Waals surface area contributed by atoms with Crippen LogP contribution in [-0.4, -0.2) is 17.6 Å². The van der Waals surface area contributed by atoms with Crippen LogP contribution in [0.4, 0.5) is 18.9 Å². The number of hydrogen-bond donors (Lipinski definition) is 1. The molecule has 3 rings (SSSR count). The predicted molar refractivity (Wildman–Crippen MR) is 94.8 cm³/mol. The molecule has 2 aromatic carbocycles. The number of rotatable bonds is 4. The number of pyridine rings is 1. The van der Waals surface area contributed by atoms with Gasteiger partial charge in [-0.05, 0) is 36.4 Å². The summed E-state index contributed by atoms with van der Waals surface area (Å²) in [4.78, 5) is 24.7. The molecule has 0 saturated heterocycles. The van der Waals surface area contributed by atoms with E-state index >= 15 is 0 Å². The fourth-order valence-electron chi connectivity index (χ4n) is 2.72. The number of amides is 1. The van der Waals surface area contributed by atoms with E-state index in [1.165, 1.54) is 30.0 Å². The molecule has 8 heteroatoms. The van der Waals surface area contributed by atoms with E-state index in [-0.39, 0.29) is 12.2 Å². The van der Waals surface area contributed by atoms with Gasteiger partial charge in [-0.2, -0.15) is 13.2 Å². The molecule has 0 fully saturated rings. The second-order valence-corrected chi connectivity index (χ2v) is 5.80. The number of fused-ring (bicyclic) bond motifs is 1. The number of alkyl halides is 3. The minimum atomic E-state index is -4.50. The van der Waals surface area contributed by atoms with Crippen molar-refractivity contribution in [2.45, 2.75) is 12.7 Å². The highest BCUT2D eigenvalue weighted by Crippen LogP contribution is 2.30. The van der Waals surface area contributed by atoms with Crippen LogP contribution in [0.25, 0.3) is 10.8 Å². The van der Waals surface area contributed by atoms with Crippen molar-refractivity contribution in [1.29, 1.82) is 0 Å². The molecule has 27 heavy (non-hydrogen) atoms. The van der Waals surface area contributed by atoms with Crippen LogP contribution in [-0.2, 0) is 17.5 Å². The fourth-order valence-corrected chi connectivity index (χ4v) is 2.72. The zero-order chi connectivity index (χ0) is 19.6. The lowest BCUT2D eigenvalue weighted by Crippen LogP contribution is -2.27. The minimum Gasteiger partial charge on any atom is -0.496 e. The van der Waals surface area contributed by atoms with Crippen LogP contribution >= 0.6 is 0 Å². The third-order valence-electron chi connectivity index (χ3n) is 3.99. The molecular formula is C19H15F3N2O3. The van der Waals surface area contributed by atoms with Crippen molar-refractivity contribution in [1.82, 2.24) is 4.57 Å². The normalized spacial score (nSPS) is 11.4. The first-order chi connectivity index (χ1) is 12.8. The Hall–Kier alpha value is -3.29. The lowest BCUT2D eigenvalue weighted by Gasteiger charge is -2.11. The Labute approximate surface area is 152 Å². The molecule has 0 unspecified atom stereocenters. The lowest BCUT2D eigenvalue weighted by atomic mass is 10.1. The summed E-state index contributed by atoms with van der Waals surface area (Å²) in [5.74, 6) is -0.0798. The molecule has 140 valence electrons. The van der Waals surface area contributed by atoms with Gasteiger partial charge in [0, 0.05) is 17.3 Å². The van der Waals surface area contributed by atoms with E-state index in [0.29, 0.717) is 16.5 Å². The third kappa shape index (κ3) is 3.94. The van der Waals surface area contributed by atoms with Crippen LogP contribution in [0, 0.1) is 0 Å². The molecule has 0 saturated carbocycles. The second kappa shape index (κ2) is 7.14. The molecule has 5 nitrogen and oxygen atoms in total. The monoisotopic (exact) mass is 376 g/mol. The number of ether oxygens (including phenoxy) is 1. The van der Waals surface area contributed by atoms with Crippen LogP contribution in [0.15, 0.2) is 59.5 Å². The Morgan fingerprint density at radius 2 is 1.85 bits per heavy atom. The first-order valence-electron chi connectivity index (χ1n) is 7.93. The molecule has 1 amide bonds. The van der Waals surface area contributed by atoms with Crippen molar-refractivity contribution >= 4 is 22.4 Å². The van der Waals surface area contributed by atoms with E-state index in [2.05, 4.69) is 5.32 Å². The van der Waals surface area contributed by atoms with E-state index < -0.39 is 23.2 Å². The van der Waals surface area contributed by atoms with Crippen LogP contribution in [0.1, 0.15) is 5.56 Å². The summed E-state index contributed by atoms with van der Waals surface area (Å²) in [6.07, 6.45) is -3.06. The summed E-state index contributed by atoms with van der Waals surface area (Å²) >= 11 is 0. The number of methoxy groups -OCH3 is 1. The molecule has 0 atom stereocenters. The number of anilines is 1. The highest BCUT2D eigenvalue weighted by atomic mass is 19.4. The Kier molecular flexibility index (Phi) is 4.89. The maximum Gasteiger partial charge on any atom is 0.416 e. The molecule has 3 aromatic rings. The highest BCUT2D eigenvalue weighted by Gasteiger charge is 2.30. The number of carbonyl (C=O) groups is 1. The number of aromatic nitrogens is 1. The Bertz CT molecular complexity index is 1060. The number of hydrogen-bond acceptors (Lipinski definition) is 3. The standard InChI is InChI=1S/C19H15F3N2O3/c1-27-16-7-3-6-15-14(16)8-9-24(18(15)26)11-17(25)23-13-5-2-4-12(10-13)19(20,21)22/h2-10H,11H2,1H3,(H,23,25).